The number of nitrogens with one attached hydrogen (secondary N) is 1. The number of nitrogens with zero attached hydrogens (tertiary/aromatic N) is 3. The van der Waals surface area contributed by atoms with Crippen molar-refractivity contribution in [2.24, 2.45) is 0 Å². The summed E-state index contributed by atoms with van der Waals surface area (Å²) in [5.41, 5.74) is 3.73. The summed E-state index contributed by atoms with van der Waals surface area (Å²) in [6.45, 7) is 13.5. The van der Waals surface area contributed by atoms with E-state index in [4.69, 9.17) is 9.72 Å². The van der Waals surface area contributed by atoms with Crippen molar-refractivity contribution >= 4 is 34.4 Å². The summed E-state index contributed by atoms with van der Waals surface area (Å²) in [5, 5.41) is 4.02. The highest BCUT2D eigenvalue weighted by Crippen LogP contribution is 2.26. The van der Waals surface area contributed by atoms with Gasteiger partial charge in [0, 0.05) is 48.9 Å². The van der Waals surface area contributed by atoms with Gasteiger partial charge in [-0.3, -0.25) is 4.79 Å². The molecule has 1 aromatic heterocycles. The third kappa shape index (κ3) is 5.75. The summed E-state index contributed by atoms with van der Waals surface area (Å²) in [7, 11) is 0. The van der Waals surface area contributed by atoms with Gasteiger partial charge in [0.2, 0.25) is 5.91 Å². The molecule has 1 aliphatic heterocycles. The van der Waals surface area contributed by atoms with Gasteiger partial charge in [-0.15, -0.1) is 0 Å². The Morgan fingerprint density at radius 3 is 2.62 bits per heavy atom. The fourth-order valence-corrected chi connectivity index (χ4v) is 4.24. The fraction of sp³-hybridized carbons (Fsp3) is 0.357. The van der Waals surface area contributed by atoms with Crippen LogP contribution in [-0.2, 0) is 4.79 Å². The van der Waals surface area contributed by atoms with E-state index in [2.05, 4.69) is 35.0 Å². The fourth-order valence-electron chi connectivity index (χ4n) is 4.24. The number of hydrogen-bond acceptors (Lipinski definition) is 5. The molecule has 2 heterocycles. The van der Waals surface area contributed by atoms with Crippen molar-refractivity contribution in [2.75, 3.05) is 42.9 Å². The Balaban J connectivity index is 1.46. The first-order valence-electron chi connectivity index (χ1n) is 12.1. The molecule has 178 valence electrons. The van der Waals surface area contributed by atoms with Gasteiger partial charge in [-0.1, -0.05) is 25.1 Å². The lowest BCUT2D eigenvalue weighted by Gasteiger charge is -2.35. The monoisotopic (exact) mass is 458 g/mol. The standard InChI is InChI=1S/C28H34N4O2/c1-5-31-14-16-32(17-15-31)27-18-21(4)24-19-23(11-12-25(24)30-27)29-28(33)13-10-22-8-6-7-9-26(22)34-20(2)3/h6-13,18-20H,5,14-17H2,1-4H3,(H,29,33)/b13-10-. The van der Waals surface area contributed by atoms with Gasteiger partial charge in [0.25, 0.3) is 0 Å². The number of anilines is 2. The van der Waals surface area contributed by atoms with E-state index in [0.717, 1.165) is 72.0 Å². The molecule has 1 amide bonds. The molecule has 1 saturated heterocycles. The molecule has 0 spiro atoms. The Morgan fingerprint density at radius 2 is 1.88 bits per heavy atom. The molecule has 1 aliphatic rings. The first kappa shape index (κ1) is 23.8. The van der Waals surface area contributed by atoms with Gasteiger partial charge in [-0.05, 0) is 69.3 Å². The second-order valence-corrected chi connectivity index (χ2v) is 8.98. The lowest BCUT2D eigenvalue weighted by Crippen LogP contribution is -2.46. The zero-order valence-corrected chi connectivity index (χ0v) is 20.5. The molecule has 0 radical (unpaired) electrons. The first-order valence-corrected chi connectivity index (χ1v) is 12.1. The number of aromatic nitrogens is 1. The first-order chi connectivity index (χ1) is 16.4. The summed E-state index contributed by atoms with van der Waals surface area (Å²) >= 11 is 0. The maximum atomic E-state index is 12.6. The molecule has 4 rings (SSSR count). The zero-order valence-electron chi connectivity index (χ0n) is 20.5. The zero-order chi connectivity index (χ0) is 24.1. The van der Waals surface area contributed by atoms with Crippen molar-refractivity contribution in [3.05, 3.63) is 65.7 Å². The number of piperazine rings is 1. The summed E-state index contributed by atoms with van der Waals surface area (Å²) in [6.07, 6.45) is 3.39. The third-order valence-corrected chi connectivity index (χ3v) is 6.11. The molecule has 0 bridgehead atoms. The number of para-hydroxylation sites is 1. The van der Waals surface area contributed by atoms with Crippen LogP contribution in [0.5, 0.6) is 5.75 Å². The predicted molar refractivity (Wildman–Crippen MR) is 141 cm³/mol. The Bertz CT molecular complexity index is 1180. The predicted octanol–water partition coefficient (Wildman–Crippen LogP) is 5.12. The minimum absolute atomic E-state index is 0.0688. The molecule has 0 aliphatic carbocycles. The van der Waals surface area contributed by atoms with E-state index < -0.39 is 0 Å². The number of likely N-dealkylation sites (N-methyl/N-ethyl adjacent to an activating group) is 1. The van der Waals surface area contributed by atoms with Crippen LogP contribution >= 0.6 is 0 Å². The topological polar surface area (TPSA) is 57.7 Å². The molecule has 3 aromatic rings. The second kappa shape index (κ2) is 10.7. The molecule has 6 heteroatoms. The van der Waals surface area contributed by atoms with Crippen LogP contribution in [0.3, 0.4) is 0 Å². The molecule has 0 unspecified atom stereocenters. The SMILES string of the molecule is CCN1CCN(c2cc(C)c3cc(NC(=O)/C=C\c4ccccc4OC(C)C)ccc3n2)CC1. The van der Waals surface area contributed by atoms with E-state index in [9.17, 15) is 4.79 Å². The quantitative estimate of drug-likeness (QED) is 0.498. The summed E-state index contributed by atoms with van der Waals surface area (Å²) < 4.78 is 5.83. The molecule has 0 saturated carbocycles. The number of benzene rings is 2. The van der Waals surface area contributed by atoms with Crippen LogP contribution in [0.15, 0.2) is 54.6 Å². The number of rotatable bonds is 7. The van der Waals surface area contributed by atoms with Crippen molar-refractivity contribution in [3.8, 4) is 5.75 Å². The maximum absolute atomic E-state index is 12.6. The molecular weight excluding hydrogens is 424 g/mol. The number of fused-ring (bicyclic) bond motifs is 1. The lowest BCUT2D eigenvalue weighted by atomic mass is 10.1. The highest BCUT2D eigenvalue weighted by molar-refractivity contribution is 6.03. The van der Waals surface area contributed by atoms with Crippen LogP contribution in [0.2, 0.25) is 0 Å². The van der Waals surface area contributed by atoms with Gasteiger partial charge >= 0.3 is 0 Å². The molecule has 0 atom stereocenters. The molecule has 1 fully saturated rings. The van der Waals surface area contributed by atoms with E-state index in [1.165, 1.54) is 6.08 Å². The smallest absolute Gasteiger partial charge is 0.248 e. The minimum Gasteiger partial charge on any atom is -0.490 e. The van der Waals surface area contributed by atoms with Crippen LogP contribution in [0.4, 0.5) is 11.5 Å². The van der Waals surface area contributed by atoms with Gasteiger partial charge < -0.3 is 19.9 Å². The number of hydrogen-bond donors (Lipinski definition) is 1. The normalized spacial score (nSPS) is 14.8. The van der Waals surface area contributed by atoms with Crippen LogP contribution in [0.25, 0.3) is 17.0 Å². The van der Waals surface area contributed by atoms with Gasteiger partial charge in [0.15, 0.2) is 0 Å². The number of pyridine rings is 1. The van der Waals surface area contributed by atoms with E-state index in [1.54, 1.807) is 6.08 Å². The van der Waals surface area contributed by atoms with Crippen molar-refractivity contribution in [1.29, 1.82) is 0 Å². The number of aryl methyl sites for hydroxylation is 1. The van der Waals surface area contributed by atoms with E-state index in [1.807, 2.05) is 56.3 Å². The maximum Gasteiger partial charge on any atom is 0.248 e. The number of amides is 1. The van der Waals surface area contributed by atoms with E-state index in [0.29, 0.717) is 0 Å². The molecule has 2 aromatic carbocycles. The van der Waals surface area contributed by atoms with Gasteiger partial charge in [0.1, 0.15) is 11.6 Å². The van der Waals surface area contributed by atoms with Gasteiger partial charge in [-0.2, -0.15) is 0 Å². The van der Waals surface area contributed by atoms with Crippen molar-refractivity contribution in [3.63, 3.8) is 0 Å². The van der Waals surface area contributed by atoms with Crippen LogP contribution in [-0.4, -0.2) is 54.6 Å². The van der Waals surface area contributed by atoms with E-state index >= 15 is 0 Å². The van der Waals surface area contributed by atoms with Crippen molar-refractivity contribution in [1.82, 2.24) is 9.88 Å². The van der Waals surface area contributed by atoms with Crippen molar-refractivity contribution < 1.29 is 9.53 Å². The average Bonchev–Trinajstić information content (AvgIpc) is 2.83. The molecule has 34 heavy (non-hydrogen) atoms. The number of ether oxygens (including phenoxy) is 1. The van der Waals surface area contributed by atoms with Crippen LogP contribution < -0.4 is 15.0 Å². The van der Waals surface area contributed by atoms with Crippen molar-refractivity contribution in [2.45, 2.75) is 33.8 Å². The Kier molecular flexibility index (Phi) is 7.48. The summed E-state index contributed by atoms with van der Waals surface area (Å²) in [5.74, 6) is 1.61. The largest absolute Gasteiger partial charge is 0.490 e. The third-order valence-electron chi connectivity index (χ3n) is 6.11. The Labute approximate surface area is 202 Å². The second-order valence-electron chi connectivity index (χ2n) is 8.98. The van der Waals surface area contributed by atoms with Crippen LogP contribution in [0, 0.1) is 6.92 Å². The minimum atomic E-state index is -0.185. The number of carbonyl (C=O) groups is 1. The highest BCUT2D eigenvalue weighted by atomic mass is 16.5. The summed E-state index contributed by atoms with van der Waals surface area (Å²) in [6, 6.07) is 15.8. The van der Waals surface area contributed by atoms with Gasteiger partial charge in [-0.25, -0.2) is 4.98 Å². The average molecular weight is 459 g/mol. The Hall–Kier alpha value is -3.38. The van der Waals surface area contributed by atoms with Crippen LogP contribution in [0.1, 0.15) is 31.9 Å². The highest BCUT2D eigenvalue weighted by Gasteiger charge is 2.18. The molecule has 1 N–H and O–H groups in total. The lowest BCUT2D eigenvalue weighted by molar-refractivity contribution is -0.111. The molecular formula is C28H34N4O2. The summed E-state index contributed by atoms with van der Waals surface area (Å²) in [4.78, 5) is 22.3. The Morgan fingerprint density at radius 1 is 1.12 bits per heavy atom. The van der Waals surface area contributed by atoms with Gasteiger partial charge in [0.05, 0.1) is 11.6 Å². The number of carbonyl (C=O) groups excluding carboxylic acids is 1. The molecule has 6 nitrogen and oxygen atoms in total. The van der Waals surface area contributed by atoms with E-state index in [-0.39, 0.29) is 12.0 Å².